The molecule has 0 spiro atoms. The van der Waals surface area contributed by atoms with Crippen LogP contribution in [-0.4, -0.2) is 27.8 Å². The van der Waals surface area contributed by atoms with E-state index in [0.29, 0.717) is 28.5 Å². The van der Waals surface area contributed by atoms with Crippen LogP contribution >= 0.6 is 11.8 Å². The first-order valence-electron chi connectivity index (χ1n) is 9.67. The van der Waals surface area contributed by atoms with Crippen molar-refractivity contribution in [2.45, 2.75) is 31.3 Å². The van der Waals surface area contributed by atoms with Gasteiger partial charge < -0.3 is 5.32 Å². The predicted molar refractivity (Wildman–Crippen MR) is 120 cm³/mol. The highest BCUT2D eigenvalue weighted by Gasteiger charge is 2.15. The minimum atomic E-state index is -0.138. The number of amides is 1. The maximum absolute atomic E-state index is 13.2. The minimum Gasteiger partial charge on any atom is -0.352 e. The van der Waals surface area contributed by atoms with Crippen molar-refractivity contribution in [3.8, 4) is 5.69 Å². The Morgan fingerprint density at radius 2 is 1.97 bits per heavy atom. The maximum Gasteiger partial charge on any atom is 0.266 e. The lowest BCUT2D eigenvalue weighted by atomic mass is 9.98. The van der Waals surface area contributed by atoms with Gasteiger partial charge in [-0.25, -0.2) is 4.98 Å². The smallest absolute Gasteiger partial charge is 0.266 e. The van der Waals surface area contributed by atoms with E-state index in [2.05, 4.69) is 42.9 Å². The molecule has 0 aliphatic rings. The molecule has 0 saturated heterocycles. The van der Waals surface area contributed by atoms with Crippen LogP contribution in [0.1, 0.15) is 31.7 Å². The van der Waals surface area contributed by atoms with Crippen LogP contribution in [0.15, 0.2) is 71.1 Å². The first kappa shape index (κ1) is 20.9. The van der Waals surface area contributed by atoms with Crippen molar-refractivity contribution in [3.63, 3.8) is 0 Å². The van der Waals surface area contributed by atoms with Gasteiger partial charge in [0.1, 0.15) is 0 Å². The third kappa shape index (κ3) is 4.77. The molecule has 1 atom stereocenters. The molecular formula is C23H25N3O2S. The van der Waals surface area contributed by atoms with Gasteiger partial charge >= 0.3 is 0 Å². The molecule has 1 heterocycles. The van der Waals surface area contributed by atoms with Gasteiger partial charge in [0.15, 0.2) is 5.16 Å². The van der Waals surface area contributed by atoms with E-state index in [-0.39, 0.29) is 17.2 Å². The van der Waals surface area contributed by atoms with E-state index in [4.69, 9.17) is 0 Å². The monoisotopic (exact) mass is 407 g/mol. The molecule has 1 aromatic heterocycles. The molecule has 3 rings (SSSR count). The molecule has 3 aromatic rings. The van der Waals surface area contributed by atoms with E-state index >= 15 is 0 Å². The van der Waals surface area contributed by atoms with Crippen LogP contribution in [0.2, 0.25) is 0 Å². The molecule has 29 heavy (non-hydrogen) atoms. The zero-order valence-corrected chi connectivity index (χ0v) is 17.5. The number of para-hydroxylation sites is 1. The Hall–Kier alpha value is -2.86. The Kier molecular flexibility index (Phi) is 6.88. The summed E-state index contributed by atoms with van der Waals surface area (Å²) in [7, 11) is 0. The van der Waals surface area contributed by atoms with Gasteiger partial charge in [-0.05, 0) is 42.2 Å². The second kappa shape index (κ2) is 9.56. The topological polar surface area (TPSA) is 64.0 Å². The highest BCUT2D eigenvalue weighted by molar-refractivity contribution is 7.99. The second-order valence-electron chi connectivity index (χ2n) is 6.83. The van der Waals surface area contributed by atoms with Crippen LogP contribution in [0.25, 0.3) is 16.6 Å². The quantitative estimate of drug-likeness (QED) is 0.344. The summed E-state index contributed by atoms with van der Waals surface area (Å²) in [5.74, 6) is 0.498. The zero-order valence-electron chi connectivity index (χ0n) is 16.7. The van der Waals surface area contributed by atoms with Crippen molar-refractivity contribution in [2.24, 2.45) is 0 Å². The molecule has 0 aliphatic carbocycles. The average molecular weight is 408 g/mol. The largest absolute Gasteiger partial charge is 0.352 e. The van der Waals surface area contributed by atoms with Crippen LogP contribution in [-0.2, 0) is 4.79 Å². The first-order chi connectivity index (χ1) is 14.0. The van der Waals surface area contributed by atoms with Crippen LogP contribution < -0.4 is 10.9 Å². The first-order valence-corrected chi connectivity index (χ1v) is 10.7. The molecule has 2 aromatic carbocycles. The third-order valence-corrected chi connectivity index (χ3v) is 5.79. The van der Waals surface area contributed by atoms with E-state index in [1.54, 1.807) is 16.7 Å². The number of hydrogen-bond acceptors (Lipinski definition) is 4. The van der Waals surface area contributed by atoms with E-state index < -0.39 is 0 Å². The van der Waals surface area contributed by atoms with Gasteiger partial charge in [0, 0.05) is 6.54 Å². The summed E-state index contributed by atoms with van der Waals surface area (Å²) < 4.78 is 1.59. The van der Waals surface area contributed by atoms with Gasteiger partial charge in [0.05, 0.1) is 22.3 Å². The van der Waals surface area contributed by atoms with Crippen molar-refractivity contribution in [1.29, 1.82) is 0 Å². The summed E-state index contributed by atoms with van der Waals surface area (Å²) in [6, 6.07) is 15.3. The fraction of sp³-hybridized carbons (Fsp3) is 0.261. The van der Waals surface area contributed by atoms with E-state index in [1.165, 1.54) is 17.3 Å². The van der Waals surface area contributed by atoms with Gasteiger partial charge in [-0.2, -0.15) is 0 Å². The molecule has 0 radical (unpaired) electrons. The molecule has 0 saturated carbocycles. The van der Waals surface area contributed by atoms with Crippen LogP contribution in [0.4, 0.5) is 0 Å². The van der Waals surface area contributed by atoms with Crippen molar-refractivity contribution in [3.05, 3.63) is 77.1 Å². The van der Waals surface area contributed by atoms with Crippen molar-refractivity contribution >= 4 is 28.6 Å². The highest BCUT2D eigenvalue weighted by atomic mass is 32.2. The lowest BCUT2D eigenvalue weighted by molar-refractivity contribution is -0.118. The van der Waals surface area contributed by atoms with Gasteiger partial charge in [-0.1, -0.05) is 56.0 Å². The minimum absolute atomic E-state index is 0.129. The van der Waals surface area contributed by atoms with Gasteiger partial charge in [-0.15, -0.1) is 6.58 Å². The van der Waals surface area contributed by atoms with Crippen molar-refractivity contribution in [1.82, 2.24) is 14.9 Å². The summed E-state index contributed by atoms with van der Waals surface area (Å²) in [6.45, 7) is 8.35. The van der Waals surface area contributed by atoms with Crippen LogP contribution in [0.5, 0.6) is 0 Å². The zero-order chi connectivity index (χ0) is 20.8. The van der Waals surface area contributed by atoms with Crippen LogP contribution in [0, 0.1) is 0 Å². The number of carbonyl (C=O) groups excluding carboxylic acids is 1. The van der Waals surface area contributed by atoms with E-state index in [0.717, 1.165) is 12.1 Å². The number of hydrogen-bond donors (Lipinski definition) is 1. The van der Waals surface area contributed by atoms with E-state index in [9.17, 15) is 9.59 Å². The number of carbonyl (C=O) groups is 1. The maximum atomic E-state index is 13.2. The van der Waals surface area contributed by atoms with Gasteiger partial charge in [-0.3, -0.25) is 14.2 Å². The molecule has 1 N–H and O–H groups in total. The Bertz CT molecular complexity index is 1070. The molecular weight excluding hydrogens is 382 g/mol. The number of fused-ring (bicyclic) bond motifs is 1. The number of nitrogens with zero attached hydrogens (tertiary/aromatic N) is 2. The fourth-order valence-electron chi connectivity index (χ4n) is 2.99. The summed E-state index contributed by atoms with van der Waals surface area (Å²) in [4.78, 5) is 29.9. The molecule has 0 unspecified atom stereocenters. The number of nitrogens with one attached hydrogen (secondary N) is 1. The number of aromatic nitrogens is 2. The summed E-state index contributed by atoms with van der Waals surface area (Å²) in [6.07, 6.45) is 2.68. The van der Waals surface area contributed by atoms with Crippen molar-refractivity contribution in [2.75, 3.05) is 12.3 Å². The second-order valence-corrected chi connectivity index (χ2v) is 7.78. The van der Waals surface area contributed by atoms with Gasteiger partial charge in [0.2, 0.25) is 5.91 Å². The Morgan fingerprint density at radius 1 is 1.24 bits per heavy atom. The van der Waals surface area contributed by atoms with Crippen LogP contribution in [0.3, 0.4) is 0 Å². The lowest BCUT2D eigenvalue weighted by Gasteiger charge is -2.15. The SMILES string of the molecule is C=CCNC(=O)CSc1nc2ccccc2c(=O)n1-c1ccc([C@@H](C)CC)cc1. The Balaban J connectivity index is 2.03. The molecule has 0 bridgehead atoms. The summed E-state index contributed by atoms with van der Waals surface area (Å²) >= 11 is 1.25. The molecule has 6 heteroatoms. The molecule has 5 nitrogen and oxygen atoms in total. The lowest BCUT2D eigenvalue weighted by Crippen LogP contribution is -2.26. The molecule has 0 aliphatic heterocycles. The van der Waals surface area contributed by atoms with Crippen molar-refractivity contribution < 1.29 is 4.79 Å². The summed E-state index contributed by atoms with van der Waals surface area (Å²) in [5.41, 5.74) is 2.46. The molecule has 150 valence electrons. The summed E-state index contributed by atoms with van der Waals surface area (Å²) in [5, 5.41) is 3.80. The normalized spacial score (nSPS) is 11.9. The fourth-order valence-corrected chi connectivity index (χ4v) is 3.83. The predicted octanol–water partition coefficient (Wildman–Crippen LogP) is 4.29. The molecule has 0 fully saturated rings. The van der Waals surface area contributed by atoms with Gasteiger partial charge in [0.25, 0.3) is 5.56 Å². The van der Waals surface area contributed by atoms with E-state index in [1.807, 2.05) is 30.3 Å². The number of thioether (sulfide) groups is 1. The number of rotatable bonds is 8. The average Bonchev–Trinajstić information content (AvgIpc) is 2.76. The Morgan fingerprint density at radius 3 is 2.66 bits per heavy atom. The standard InChI is InChI=1S/C23H25N3O2S/c1-4-14-24-21(27)15-29-23-25-20-9-7-6-8-19(20)22(28)26(23)18-12-10-17(11-13-18)16(3)5-2/h4,6-13,16H,1,5,14-15H2,2-3H3,(H,24,27)/t16-/m0/s1. The number of benzene rings is 2. The Labute approximate surface area is 174 Å². The molecule has 1 amide bonds. The highest BCUT2D eigenvalue weighted by Crippen LogP contribution is 2.24. The third-order valence-electron chi connectivity index (χ3n) is 4.85.